The molecule has 1 aliphatic rings. The molecule has 3 aromatic carbocycles. The molecule has 8 nitrogen and oxygen atoms in total. The van der Waals surface area contributed by atoms with Gasteiger partial charge in [-0.25, -0.2) is 4.98 Å². The van der Waals surface area contributed by atoms with Gasteiger partial charge in [-0.05, 0) is 47.4 Å². The summed E-state index contributed by atoms with van der Waals surface area (Å²) in [5.74, 6) is -1.21. The first-order chi connectivity index (χ1) is 20.9. The molecule has 0 saturated carbocycles. The molecule has 4 heterocycles. The lowest BCUT2D eigenvalue weighted by molar-refractivity contribution is -0.132. The first kappa shape index (κ1) is 27.1. The molecular weight excluding hydrogens is 579 g/mol. The molecule has 0 spiro atoms. The van der Waals surface area contributed by atoms with Crippen LogP contribution >= 0.6 is 23.1 Å². The maximum absolute atomic E-state index is 13.6. The minimum Gasteiger partial charge on any atom is -0.505 e. The number of amides is 1. The van der Waals surface area contributed by atoms with Gasteiger partial charge in [-0.2, -0.15) is 0 Å². The molecule has 1 fully saturated rings. The fourth-order valence-electron chi connectivity index (χ4n) is 5.57. The number of aliphatic hydroxyl groups excluding tert-OH is 1. The van der Waals surface area contributed by atoms with Crippen molar-refractivity contribution in [1.29, 1.82) is 0 Å². The molecule has 3 aromatic heterocycles. The average molecular weight is 604 g/mol. The molecule has 1 amide bonds. The van der Waals surface area contributed by atoms with Crippen molar-refractivity contribution in [3.63, 3.8) is 0 Å². The van der Waals surface area contributed by atoms with Crippen LogP contribution in [0.15, 0.2) is 101 Å². The van der Waals surface area contributed by atoms with Crippen LogP contribution in [0, 0.1) is 13.8 Å². The summed E-state index contributed by atoms with van der Waals surface area (Å²) >= 11 is 2.77. The van der Waals surface area contributed by atoms with Crippen molar-refractivity contribution >= 4 is 62.1 Å². The second kappa shape index (κ2) is 10.8. The Morgan fingerprint density at radius 2 is 1.70 bits per heavy atom. The van der Waals surface area contributed by atoms with E-state index in [2.05, 4.69) is 39.4 Å². The lowest BCUT2D eigenvalue weighted by atomic mass is 9.96. The number of Topliss-reactive ketones (excluding diaryl/α,β-unsaturated/α-hetero) is 1. The summed E-state index contributed by atoms with van der Waals surface area (Å²) in [7, 11) is 0. The quantitative estimate of drug-likeness (QED) is 0.0729. The Morgan fingerprint density at radius 3 is 2.51 bits per heavy atom. The van der Waals surface area contributed by atoms with Crippen LogP contribution < -0.4 is 4.90 Å². The van der Waals surface area contributed by atoms with Gasteiger partial charge in [-0.15, -0.1) is 10.2 Å². The van der Waals surface area contributed by atoms with E-state index in [1.807, 2.05) is 85.1 Å². The number of imidazole rings is 1. The summed E-state index contributed by atoms with van der Waals surface area (Å²) in [6.07, 6.45) is 1.85. The van der Waals surface area contributed by atoms with Crippen molar-refractivity contribution in [2.75, 3.05) is 4.90 Å². The largest absolute Gasteiger partial charge is 0.505 e. The van der Waals surface area contributed by atoms with E-state index in [4.69, 9.17) is 0 Å². The minimum absolute atomic E-state index is 0.0273. The lowest BCUT2D eigenvalue weighted by Gasteiger charge is -2.22. The average Bonchev–Trinajstić information content (AvgIpc) is 3.71. The Bertz CT molecular complexity index is 2080. The van der Waals surface area contributed by atoms with Gasteiger partial charge in [0.15, 0.2) is 10.1 Å². The Labute approximate surface area is 255 Å². The number of hydrogen-bond donors (Lipinski definition) is 1. The van der Waals surface area contributed by atoms with Crippen molar-refractivity contribution in [3.8, 4) is 0 Å². The smallest absolute Gasteiger partial charge is 0.301 e. The third kappa shape index (κ3) is 4.59. The number of aromatic nitrogens is 4. The van der Waals surface area contributed by atoms with Gasteiger partial charge in [0.05, 0.1) is 17.3 Å². The van der Waals surface area contributed by atoms with Gasteiger partial charge in [0.1, 0.15) is 11.3 Å². The van der Waals surface area contributed by atoms with Crippen molar-refractivity contribution in [3.05, 3.63) is 125 Å². The van der Waals surface area contributed by atoms with E-state index in [1.165, 1.54) is 44.3 Å². The second-order valence-electron chi connectivity index (χ2n) is 10.3. The summed E-state index contributed by atoms with van der Waals surface area (Å²) in [6, 6.07) is 26.6. The number of anilines is 1. The predicted molar refractivity (Wildman–Crippen MR) is 169 cm³/mol. The molecule has 1 atom stereocenters. The highest BCUT2D eigenvalue weighted by Crippen LogP contribution is 2.44. The molecule has 6 aromatic rings. The number of ketones is 1. The molecule has 1 saturated heterocycles. The predicted octanol–water partition coefficient (Wildman–Crippen LogP) is 6.87. The zero-order valence-electron chi connectivity index (χ0n) is 23.3. The first-order valence-electron chi connectivity index (χ1n) is 13.7. The standard InChI is InChI=1S/C33H25N5O3S2/c1-19-10-9-17-37-20(2)26(34-30(19)37)28(39)25-27(22-12-4-3-5-13-22)38(31(41)29(25)40)32-35-36-33(43-32)42-18-23-15-8-14-21-11-6-7-16-24(21)23/h3-17,27,39H,18H2,1-2H3/b28-25+. The van der Waals surface area contributed by atoms with Gasteiger partial charge >= 0.3 is 5.91 Å². The van der Waals surface area contributed by atoms with E-state index < -0.39 is 17.7 Å². The van der Waals surface area contributed by atoms with E-state index in [-0.39, 0.29) is 22.2 Å². The molecule has 7 rings (SSSR count). The van der Waals surface area contributed by atoms with Gasteiger partial charge in [-0.3, -0.25) is 14.5 Å². The van der Waals surface area contributed by atoms with Crippen LogP contribution in [0.5, 0.6) is 0 Å². The number of rotatable bonds is 6. The van der Waals surface area contributed by atoms with Crippen molar-refractivity contribution in [2.45, 2.75) is 30.0 Å². The van der Waals surface area contributed by atoms with E-state index >= 15 is 0 Å². The maximum Gasteiger partial charge on any atom is 0.301 e. The highest BCUT2D eigenvalue weighted by molar-refractivity contribution is 8.00. The number of fused-ring (bicyclic) bond motifs is 2. The molecule has 0 aliphatic carbocycles. The van der Waals surface area contributed by atoms with E-state index in [9.17, 15) is 14.7 Å². The third-order valence-corrected chi connectivity index (χ3v) is 9.81. The van der Waals surface area contributed by atoms with Crippen molar-refractivity contribution < 1.29 is 14.7 Å². The van der Waals surface area contributed by atoms with E-state index in [1.54, 1.807) is 0 Å². The number of hydrogen-bond acceptors (Lipinski definition) is 8. The third-order valence-electron chi connectivity index (χ3n) is 7.70. The fourth-order valence-corrected chi connectivity index (χ4v) is 7.44. The Morgan fingerprint density at radius 1 is 0.930 bits per heavy atom. The number of carbonyl (C=O) groups excluding carboxylic acids is 2. The van der Waals surface area contributed by atoms with Crippen LogP contribution in [0.2, 0.25) is 0 Å². The van der Waals surface area contributed by atoms with Crippen LogP contribution in [0.4, 0.5) is 5.13 Å². The van der Waals surface area contributed by atoms with Gasteiger partial charge < -0.3 is 9.51 Å². The number of thioether (sulfide) groups is 1. The summed E-state index contributed by atoms with van der Waals surface area (Å²) in [5.41, 5.74) is 4.33. The highest BCUT2D eigenvalue weighted by Gasteiger charge is 2.48. The van der Waals surface area contributed by atoms with Gasteiger partial charge in [0.2, 0.25) is 5.13 Å². The van der Waals surface area contributed by atoms with Crippen LogP contribution in [-0.2, 0) is 15.3 Å². The number of aliphatic hydroxyl groups is 1. The molecule has 0 radical (unpaired) electrons. The highest BCUT2D eigenvalue weighted by atomic mass is 32.2. The molecule has 1 N–H and O–H groups in total. The first-order valence-corrected chi connectivity index (χ1v) is 15.5. The van der Waals surface area contributed by atoms with Crippen molar-refractivity contribution in [2.24, 2.45) is 0 Å². The summed E-state index contributed by atoms with van der Waals surface area (Å²) in [5, 5.41) is 23.0. The van der Waals surface area contributed by atoms with Crippen LogP contribution in [0.3, 0.4) is 0 Å². The van der Waals surface area contributed by atoms with E-state index in [0.717, 1.165) is 5.56 Å². The minimum atomic E-state index is -0.893. The lowest BCUT2D eigenvalue weighted by Crippen LogP contribution is -2.29. The van der Waals surface area contributed by atoms with Gasteiger partial charge in [0.25, 0.3) is 5.78 Å². The maximum atomic E-state index is 13.6. The van der Waals surface area contributed by atoms with Crippen LogP contribution in [-0.4, -0.2) is 36.4 Å². The molecule has 0 bridgehead atoms. The monoisotopic (exact) mass is 603 g/mol. The fraction of sp³-hybridized carbons (Fsp3) is 0.121. The molecule has 212 valence electrons. The Hall–Kier alpha value is -4.80. The number of aryl methyl sites for hydroxylation is 2. The van der Waals surface area contributed by atoms with Gasteiger partial charge in [0, 0.05) is 11.9 Å². The summed E-state index contributed by atoms with van der Waals surface area (Å²) < 4.78 is 2.53. The Balaban J connectivity index is 1.28. The molecular formula is C33H25N5O3S2. The number of carbonyl (C=O) groups is 2. The zero-order chi connectivity index (χ0) is 29.7. The second-order valence-corrected chi connectivity index (χ2v) is 12.5. The molecule has 43 heavy (non-hydrogen) atoms. The van der Waals surface area contributed by atoms with Crippen LogP contribution in [0.1, 0.15) is 34.1 Å². The molecule has 10 heteroatoms. The number of nitrogens with zero attached hydrogens (tertiary/aromatic N) is 5. The number of benzene rings is 3. The summed E-state index contributed by atoms with van der Waals surface area (Å²) in [4.78, 5) is 33.3. The zero-order valence-corrected chi connectivity index (χ0v) is 24.9. The van der Waals surface area contributed by atoms with E-state index in [0.29, 0.717) is 27.0 Å². The van der Waals surface area contributed by atoms with Gasteiger partial charge in [-0.1, -0.05) is 102 Å². The number of pyridine rings is 1. The molecule has 1 aliphatic heterocycles. The molecule has 1 unspecified atom stereocenters. The van der Waals surface area contributed by atoms with Crippen LogP contribution in [0.25, 0.3) is 22.2 Å². The van der Waals surface area contributed by atoms with Crippen molar-refractivity contribution in [1.82, 2.24) is 19.6 Å². The topological polar surface area (TPSA) is 101 Å². The summed E-state index contributed by atoms with van der Waals surface area (Å²) in [6.45, 7) is 3.76. The Kier molecular flexibility index (Phi) is 6.79. The SMILES string of the molecule is Cc1cccn2c(C)c(/C(O)=C3\C(=O)C(=O)N(c4nnc(SCc5cccc6ccccc56)s4)C3c3ccccc3)nc12. The normalized spacial score (nSPS) is 16.5.